The Morgan fingerprint density at radius 2 is 2.08 bits per heavy atom. The molecule has 2 atom stereocenters. The van der Waals surface area contributed by atoms with Crippen molar-refractivity contribution in [1.82, 2.24) is 5.32 Å². The Hall–Kier alpha value is -0.0900. The van der Waals surface area contributed by atoms with Crippen LogP contribution in [-0.2, 0) is 9.84 Å². The van der Waals surface area contributed by atoms with Crippen LogP contribution in [0.1, 0.15) is 13.3 Å². The van der Waals surface area contributed by atoms with Gasteiger partial charge >= 0.3 is 0 Å². The van der Waals surface area contributed by atoms with Gasteiger partial charge in [0, 0.05) is 12.8 Å². The fourth-order valence-electron chi connectivity index (χ4n) is 1.23. The summed E-state index contributed by atoms with van der Waals surface area (Å²) in [5.74, 6) is 1.90. The molecule has 1 fully saturated rings. The van der Waals surface area contributed by atoms with Crippen LogP contribution >= 0.6 is 0 Å². The van der Waals surface area contributed by atoms with E-state index in [9.17, 15) is 8.42 Å². The highest BCUT2D eigenvalue weighted by Gasteiger charge is 2.31. The maximum absolute atomic E-state index is 10.7. The van der Waals surface area contributed by atoms with Gasteiger partial charge in [0.2, 0.25) is 0 Å². The van der Waals surface area contributed by atoms with Crippen molar-refractivity contribution in [3.05, 3.63) is 0 Å². The van der Waals surface area contributed by atoms with Gasteiger partial charge in [-0.2, -0.15) is 0 Å². The highest BCUT2D eigenvalue weighted by molar-refractivity contribution is 7.90. The van der Waals surface area contributed by atoms with E-state index >= 15 is 0 Å². The Morgan fingerprint density at radius 1 is 1.50 bits per heavy atom. The molecule has 0 spiro atoms. The summed E-state index contributed by atoms with van der Waals surface area (Å²) in [6, 6.07) is 0. The van der Waals surface area contributed by atoms with Crippen molar-refractivity contribution in [2.75, 3.05) is 25.1 Å². The van der Waals surface area contributed by atoms with Crippen LogP contribution < -0.4 is 5.32 Å². The van der Waals surface area contributed by atoms with E-state index in [1.165, 1.54) is 12.7 Å². The molecular weight excluding hydrogens is 174 g/mol. The third-order valence-electron chi connectivity index (χ3n) is 2.33. The van der Waals surface area contributed by atoms with Crippen molar-refractivity contribution >= 4 is 9.84 Å². The van der Waals surface area contributed by atoms with Crippen LogP contribution in [0.15, 0.2) is 0 Å². The second kappa shape index (κ2) is 3.75. The molecule has 0 aliphatic heterocycles. The molecular formula is C8H17NO2S. The predicted molar refractivity (Wildman–Crippen MR) is 49.9 cm³/mol. The Labute approximate surface area is 74.5 Å². The van der Waals surface area contributed by atoms with Crippen LogP contribution in [0.3, 0.4) is 0 Å². The van der Waals surface area contributed by atoms with Crippen molar-refractivity contribution in [3.8, 4) is 0 Å². The average molecular weight is 191 g/mol. The maximum atomic E-state index is 10.7. The van der Waals surface area contributed by atoms with Gasteiger partial charge in [-0.05, 0) is 24.8 Å². The first-order valence-corrected chi connectivity index (χ1v) is 6.43. The summed E-state index contributed by atoms with van der Waals surface area (Å²) in [5, 5.41) is 3.16. The van der Waals surface area contributed by atoms with Crippen LogP contribution in [0, 0.1) is 11.8 Å². The highest BCUT2D eigenvalue weighted by atomic mass is 32.2. The van der Waals surface area contributed by atoms with Crippen LogP contribution in [0.2, 0.25) is 0 Å². The molecule has 0 aromatic heterocycles. The van der Waals surface area contributed by atoms with E-state index in [1.54, 1.807) is 0 Å². The molecule has 1 rings (SSSR count). The Balaban J connectivity index is 1.97. The van der Waals surface area contributed by atoms with E-state index in [4.69, 9.17) is 0 Å². The lowest BCUT2D eigenvalue weighted by Crippen LogP contribution is -2.24. The Kier molecular flexibility index (Phi) is 3.12. The summed E-state index contributed by atoms with van der Waals surface area (Å²) in [6.07, 6.45) is 2.57. The first-order chi connectivity index (χ1) is 5.49. The Bertz CT molecular complexity index is 235. The van der Waals surface area contributed by atoms with E-state index in [0.29, 0.717) is 6.54 Å². The molecule has 1 N–H and O–H groups in total. The van der Waals surface area contributed by atoms with Gasteiger partial charge in [0.05, 0.1) is 5.75 Å². The van der Waals surface area contributed by atoms with Gasteiger partial charge in [-0.25, -0.2) is 8.42 Å². The molecule has 0 saturated heterocycles. The summed E-state index contributed by atoms with van der Waals surface area (Å²) in [4.78, 5) is 0. The van der Waals surface area contributed by atoms with Crippen LogP contribution in [0.4, 0.5) is 0 Å². The molecule has 1 aliphatic carbocycles. The molecule has 12 heavy (non-hydrogen) atoms. The number of hydrogen-bond acceptors (Lipinski definition) is 3. The van der Waals surface area contributed by atoms with Crippen molar-refractivity contribution in [2.45, 2.75) is 13.3 Å². The Morgan fingerprint density at radius 3 is 2.50 bits per heavy atom. The first-order valence-electron chi connectivity index (χ1n) is 4.37. The lowest BCUT2D eigenvalue weighted by Gasteiger charge is -2.01. The van der Waals surface area contributed by atoms with E-state index in [1.807, 2.05) is 0 Å². The minimum atomic E-state index is -2.78. The summed E-state index contributed by atoms with van der Waals surface area (Å²) in [6.45, 7) is 3.81. The van der Waals surface area contributed by atoms with Gasteiger partial charge in [-0.3, -0.25) is 0 Å². The molecule has 0 heterocycles. The summed E-state index contributed by atoms with van der Waals surface area (Å²) in [5.41, 5.74) is 0. The van der Waals surface area contributed by atoms with E-state index < -0.39 is 9.84 Å². The normalized spacial score (nSPS) is 28.8. The van der Waals surface area contributed by atoms with Gasteiger partial charge in [0.15, 0.2) is 0 Å². The number of sulfone groups is 1. The quantitative estimate of drug-likeness (QED) is 0.635. The zero-order chi connectivity index (χ0) is 9.19. The van der Waals surface area contributed by atoms with Gasteiger partial charge in [0.1, 0.15) is 9.84 Å². The third kappa shape index (κ3) is 4.07. The van der Waals surface area contributed by atoms with Crippen molar-refractivity contribution < 1.29 is 8.42 Å². The molecule has 0 aromatic carbocycles. The minimum absolute atomic E-state index is 0.258. The molecule has 0 radical (unpaired) electrons. The molecule has 72 valence electrons. The van der Waals surface area contributed by atoms with E-state index in [-0.39, 0.29) is 5.75 Å². The van der Waals surface area contributed by atoms with Crippen molar-refractivity contribution in [3.63, 3.8) is 0 Å². The van der Waals surface area contributed by atoms with Gasteiger partial charge in [0.25, 0.3) is 0 Å². The summed E-state index contributed by atoms with van der Waals surface area (Å²) < 4.78 is 21.4. The van der Waals surface area contributed by atoms with Gasteiger partial charge in [-0.15, -0.1) is 0 Å². The standard InChI is InChI=1S/C8H17NO2S/c1-7-5-8(7)6-9-3-4-12(2,10)11/h7-9H,3-6H2,1-2H3. The maximum Gasteiger partial charge on any atom is 0.148 e. The monoisotopic (exact) mass is 191 g/mol. The number of nitrogens with one attached hydrogen (secondary N) is 1. The summed E-state index contributed by atoms with van der Waals surface area (Å²) >= 11 is 0. The highest BCUT2D eigenvalue weighted by Crippen LogP contribution is 2.36. The topological polar surface area (TPSA) is 46.2 Å². The minimum Gasteiger partial charge on any atom is -0.315 e. The van der Waals surface area contributed by atoms with Crippen molar-refractivity contribution in [1.29, 1.82) is 0 Å². The molecule has 3 nitrogen and oxygen atoms in total. The molecule has 2 unspecified atom stereocenters. The largest absolute Gasteiger partial charge is 0.315 e. The second-order valence-electron chi connectivity index (χ2n) is 3.81. The lowest BCUT2D eigenvalue weighted by molar-refractivity contribution is 0.590. The molecule has 1 saturated carbocycles. The molecule has 4 heteroatoms. The molecule has 1 aliphatic rings. The van der Waals surface area contributed by atoms with Crippen LogP contribution in [0.5, 0.6) is 0 Å². The van der Waals surface area contributed by atoms with Crippen LogP contribution in [-0.4, -0.2) is 33.5 Å². The third-order valence-corrected chi connectivity index (χ3v) is 3.28. The zero-order valence-electron chi connectivity index (χ0n) is 7.71. The van der Waals surface area contributed by atoms with E-state index in [2.05, 4.69) is 12.2 Å². The van der Waals surface area contributed by atoms with Gasteiger partial charge in [-0.1, -0.05) is 6.92 Å². The van der Waals surface area contributed by atoms with Gasteiger partial charge < -0.3 is 5.32 Å². The molecule has 0 aromatic rings. The molecule has 0 bridgehead atoms. The second-order valence-corrected chi connectivity index (χ2v) is 6.07. The SMILES string of the molecule is CC1CC1CNCCS(C)(=O)=O. The fourth-order valence-corrected chi connectivity index (χ4v) is 1.74. The van der Waals surface area contributed by atoms with Crippen molar-refractivity contribution in [2.24, 2.45) is 11.8 Å². The zero-order valence-corrected chi connectivity index (χ0v) is 8.52. The predicted octanol–water partition coefficient (Wildman–Crippen LogP) is 0.277. The van der Waals surface area contributed by atoms with E-state index in [0.717, 1.165) is 18.4 Å². The van der Waals surface area contributed by atoms with Crippen LogP contribution in [0.25, 0.3) is 0 Å². The summed E-state index contributed by atoms with van der Waals surface area (Å²) in [7, 11) is -2.78. The average Bonchev–Trinajstić information content (AvgIpc) is 2.57. The first kappa shape index (κ1) is 9.99. The smallest absolute Gasteiger partial charge is 0.148 e. The fraction of sp³-hybridized carbons (Fsp3) is 1.00. The number of rotatable bonds is 5. The molecule has 0 amide bonds. The lowest BCUT2D eigenvalue weighted by atomic mass is 10.3. The number of hydrogen-bond donors (Lipinski definition) is 1.